The SMILES string of the molecule is CCc1ccsc1CNS(=O)(=O)c1ccc(N)cc1Cl. The molecule has 20 heavy (non-hydrogen) atoms. The van der Waals surface area contributed by atoms with E-state index >= 15 is 0 Å². The van der Waals surface area contributed by atoms with Gasteiger partial charge in [-0.2, -0.15) is 0 Å². The Morgan fingerprint density at radius 3 is 2.75 bits per heavy atom. The maximum Gasteiger partial charge on any atom is 0.242 e. The lowest BCUT2D eigenvalue weighted by atomic mass is 10.2. The lowest BCUT2D eigenvalue weighted by molar-refractivity contribution is 0.581. The summed E-state index contributed by atoms with van der Waals surface area (Å²) in [6.45, 7) is 2.31. The zero-order valence-electron chi connectivity index (χ0n) is 10.9. The van der Waals surface area contributed by atoms with Crippen molar-refractivity contribution in [2.24, 2.45) is 0 Å². The Balaban J connectivity index is 2.19. The molecule has 1 aromatic carbocycles. The first-order valence-corrected chi connectivity index (χ1v) is 8.78. The van der Waals surface area contributed by atoms with E-state index in [0.29, 0.717) is 5.69 Å². The van der Waals surface area contributed by atoms with E-state index in [1.807, 2.05) is 18.4 Å². The molecule has 0 radical (unpaired) electrons. The average molecular weight is 331 g/mol. The summed E-state index contributed by atoms with van der Waals surface area (Å²) in [4.78, 5) is 1.06. The standard InChI is InChI=1S/C13H15ClN2O2S2/c1-2-9-5-6-19-12(9)8-16-20(17,18)13-4-3-10(15)7-11(13)14/h3-7,16H,2,8,15H2,1H3. The monoisotopic (exact) mass is 330 g/mol. The predicted octanol–water partition coefficient (Wildman–Crippen LogP) is 3.02. The van der Waals surface area contributed by atoms with Gasteiger partial charge in [0.25, 0.3) is 0 Å². The van der Waals surface area contributed by atoms with E-state index in [2.05, 4.69) is 4.72 Å². The van der Waals surface area contributed by atoms with E-state index in [0.717, 1.165) is 16.9 Å². The maximum absolute atomic E-state index is 12.2. The van der Waals surface area contributed by atoms with Crippen LogP contribution >= 0.6 is 22.9 Å². The molecule has 0 saturated carbocycles. The van der Waals surface area contributed by atoms with Crippen molar-refractivity contribution in [2.45, 2.75) is 24.8 Å². The maximum atomic E-state index is 12.2. The van der Waals surface area contributed by atoms with Gasteiger partial charge < -0.3 is 5.73 Å². The van der Waals surface area contributed by atoms with Crippen molar-refractivity contribution in [3.05, 3.63) is 45.1 Å². The fraction of sp³-hybridized carbons (Fsp3) is 0.231. The molecule has 2 rings (SSSR count). The lowest BCUT2D eigenvalue weighted by Gasteiger charge is -2.09. The van der Waals surface area contributed by atoms with Gasteiger partial charge in [-0.3, -0.25) is 0 Å². The summed E-state index contributed by atoms with van der Waals surface area (Å²) in [5.41, 5.74) is 7.15. The highest BCUT2D eigenvalue weighted by Crippen LogP contribution is 2.24. The Kier molecular flexibility index (Phi) is 4.70. The number of nitrogens with two attached hydrogens (primary N) is 1. The third-order valence-corrected chi connectivity index (χ3v) is 5.73. The third-order valence-electron chi connectivity index (χ3n) is 2.89. The summed E-state index contributed by atoms with van der Waals surface area (Å²) in [7, 11) is -3.64. The molecule has 0 unspecified atom stereocenters. The van der Waals surface area contributed by atoms with Crippen molar-refractivity contribution < 1.29 is 8.42 Å². The fourth-order valence-corrected chi connectivity index (χ4v) is 4.36. The van der Waals surface area contributed by atoms with Crippen LogP contribution in [0.2, 0.25) is 5.02 Å². The van der Waals surface area contributed by atoms with Gasteiger partial charge in [0, 0.05) is 17.1 Å². The first-order valence-electron chi connectivity index (χ1n) is 6.04. The number of nitrogen functional groups attached to an aromatic ring is 1. The number of thiophene rings is 1. The second-order valence-electron chi connectivity index (χ2n) is 4.24. The van der Waals surface area contributed by atoms with E-state index in [1.165, 1.54) is 29.5 Å². The van der Waals surface area contributed by atoms with Gasteiger partial charge in [0.05, 0.1) is 5.02 Å². The minimum Gasteiger partial charge on any atom is -0.399 e. The van der Waals surface area contributed by atoms with Crippen molar-refractivity contribution in [2.75, 3.05) is 5.73 Å². The quantitative estimate of drug-likeness (QED) is 0.828. The Hall–Kier alpha value is -1.08. The first kappa shape index (κ1) is 15.3. The van der Waals surface area contributed by atoms with Gasteiger partial charge in [-0.25, -0.2) is 13.1 Å². The zero-order chi connectivity index (χ0) is 14.8. The summed E-state index contributed by atoms with van der Waals surface area (Å²) >= 11 is 7.47. The number of aryl methyl sites for hydroxylation is 1. The summed E-state index contributed by atoms with van der Waals surface area (Å²) in [5, 5.41) is 2.08. The minimum absolute atomic E-state index is 0.0444. The van der Waals surface area contributed by atoms with Crippen LogP contribution in [0.5, 0.6) is 0 Å². The van der Waals surface area contributed by atoms with Gasteiger partial charge in [-0.05, 0) is 41.6 Å². The van der Waals surface area contributed by atoms with E-state index in [9.17, 15) is 8.42 Å². The molecule has 3 N–H and O–H groups in total. The number of hydrogen-bond donors (Lipinski definition) is 2. The van der Waals surface area contributed by atoms with Gasteiger partial charge in [0.15, 0.2) is 0 Å². The first-order chi connectivity index (χ1) is 9.44. The van der Waals surface area contributed by atoms with Crippen LogP contribution < -0.4 is 10.5 Å². The largest absolute Gasteiger partial charge is 0.399 e. The second kappa shape index (κ2) is 6.13. The Bertz CT molecular complexity index is 711. The second-order valence-corrected chi connectivity index (χ2v) is 7.38. The minimum atomic E-state index is -3.64. The number of anilines is 1. The molecule has 0 aliphatic carbocycles. The molecule has 1 heterocycles. The molecule has 2 aromatic rings. The van der Waals surface area contributed by atoms with Crippen LogP contribution in [-0.2, 0) is 23.0 Å². The van der Waals surface area contributed by atoms with E-state index < -0.39 is 10.0 Å². The van der Waals surface area contributed by atoms with Crippen LogP contribution in [0.1, 0.15) is 17.4 Å². The summed E-state index contributed by atoms with van der Waals surface area (Å²) in [5.74, 6) is 0. The van der Waals surface area contributed by atoms with Crippen LogP contribution in [0.25, 0.3) is 0 Å². The zero-order valence-corrected chi connectivity index (χ0v) is 13.3. The Morgan fingerprint density at radius 1 is 1.35 bits per heavy atom. The Morgan fingerprint density at radius 2 is 2.10 bits per heavy atom. The lowest BCUT2D eigenvalue weighted by Crippen LogP contribution is -2.23. The molecule has 4 nitrogen and oxygen atoms in total. The molecule has 108 valence electrons. The Labute approximate surface area is 127 Å². The topological polar surface area (TPSA) is 72.2 Å². The number of hydrogen-bond acceptors (Lipinski definition) is 4. The van der Waals surface area contributed by atoms with Crippen LogP contribution in [0, 0.1) is 0 Å². The molecular weight excluding hydrogens is 316 g/mol. The summed E-state index contributed by atoms with van der Waals surface area (Å²) < 4.78 is 27.0. The van der Waals surface area contributed by atoms with Gasteiger partial charge in [-0.1, -0.05) is 18.5 Å². The van der Waals surface area contributed by atoms with Gasteiger partial charge >= 0.3 is 0 Å². The predicted molar refractivity (Wildman–Crippen MR) is 83.6 cm³/mol. The number of rotatable bonds is 5. The molecule has 0 spiro atoms. The van der Waals surface area contributed by atoms with Gasteiger partial charge in [0.2, 0.25) is 10.0 Å². The van der Waals surface area contributed by atoms with E-state index in [1.54, 1.807) is 0 Å². The van der Waals surface area contributed by atoms with E-state index in [-0.39, 0.29) is 16.5 Å². The van der Waals surface area contributed by atoms with Crippen molar-refractivity contribution >= 4 is 38.6 Å². The molecule has 0 amide bonds. The van der Waals surface area contributed by atoms with Crippen molar-refractivity contribution in [3.8, 4) is 0 Å². The average Bonchev–Trinajstić information content (AvgIpc) is 2.83. The molecule has 0 fully saturated rings. The molecular formula is C13H15ClN2O2S2. The van der Waals surface area contributed by atoms with Crippen LogP contribution in [-0.4, -0.2) is 8.42 Å². The smallest absolute Gasteiger partial charge is 0.242 e. The highest BCUT2D eigenvalue weighted by Gasteiger charge is 2.18. The highest BCUT2D eigenvalue weighted by atomic mass is 35.5. The number of nitrogens with one attached hydrogen (secondary N) is 1. The number of sulfonamides is 1. The summed E-state index contributed by atoms with van der Waals surface area (Å²) in [6, 6.07) is 6.36. The third kappa shape index (κ3) is 3.32. The molecule has 0 bridgehead atoms. The molecule has 0 atom stereocenters. The van der Waals surface area contributed by atoms with Crippen LogP contribution in [0.4, 0.5) is 5.69 Å². The van der Waals surface area contributed by atoms with Crippen molar-refractivity contribution in [1.29, 1.82) is 0 Å². The molecule has 7 heteroatoms. The normalized spacial score (nSPS) is 11.7. The van der Waals surface area contributed by atoms with E-state index in [4.69, 9.17) is 17.3 Å². The van der Waals surface area contributed by atoms with Gasteiger partial charge in [-0.15, -0.1) is 11.3 Å². The van der Waals surface area contributed by atoms with Gasteiger partial charge in [0.1, 0.15) is 4.90 Å². The number of halogens is 1. The van der Waals surface area contributed by atoms with Crippen molar-refractivity contribution in [3.63, 3.8) is 0 Å². The molecule has 0 aliphatic heterocycles. The molecule has 0 saturated heterocycles. The molecule has 1 aromatic heterocycles. The van der Waals surface area contributed by atoms with Crippen molar-refractivity contribution in [1.82, 2.24) is 4.72 Å². The molecule has 0 aliphatic rings. The highest BCUT2D eigenvalue weighted by molar-refractivity contribution is 7.89. The number of benzene rings is 1. The van der Waals surface area contributed by atoms with Crippen LogP contribution in [0.3, 0.4) is 0 Å². The van der Waals surface area contributed by atoms with Crippen LogP contribution in [0.15, 0.2) is 34.5 Å². The summed E-state index contributed by atoms with van der Waals surface area (Å²) in [6.07, 6.45) is 0.878. The fourth-order valence-electron chi connectivity index (χ4n) is 1.81.